The van der Waals surface area contributed by atoms with Crippen LogP contribution in [0.2, 0.25) is 0 Å². The molecule has 1 N–H and O–H groups in total. The van der Waals surface area contributed by atoms with E-state index in [1.807, 2.05) is 115 Å². The number of benzene rings is 4. The minimum atomic E-state index is -0.963. The van der Waals surface area contributed by atoms with Gasteiger partial charge in [0.25, 0.3) is 0 Å². The first-order valence-corrected chi connectivity index (χ1v) is 13.3. The monoisotopic (exact) mass is 538 g/mol. The minimum Gasteiger partial charge on any atom is -0.490 e. The lowest BCUT2D eigenvalue weighted by molar-refractivity contribution is -0.149. The van der Waals surface area contributed by atoms with E-state index in [0.29, 0.717) is 38.6 Å². The zero-order chi connectivity index (χ0) is 28.0. The molecule has 4 aromatic carbocycles. The fraction of sp³-hybridized carbons (Fsp3) is 0.206. The van der Waals surface area contributed by atoms with Crippen LogP contribution in [-0.2, 0) is 29.2 Å². The van der Waals surface area contributed by atoms with Gasteiger partial charge in [0.1, 0.15) is 37.1 Å². The molecule has 0 aromatic heterocycles. The number of ether oxygens (including phenoxy) is 4. The lowest BCUT2D eigenvalue weighted by Crippen LogP contribution is -2.26. The van der Waals surface area contributed by atoms with Gasteiger partial charge in [0.15, 0.2) is 6.10 Å². The van der Waals surface area contributed by atoms with Gasteiger partial charge in [-0.2, -0.15) is 0 Å². The molecule has 0 heterocycles. The number of hydrogen-bond donors (Lipinski definition) is 1. The van der Waals surface area contributed by atoms with Gasteiger partial charge in [-0.3, -0.25) is 0 Å². The summed E-state index contributed by atoms with van der Waals surface area (Å²) in [4.78, 5) is 11.3. The van der Waals surface area contributed by atoms with Crippen molar-refractivity contribution in [2.45, 2.75) is 32.7 Å². The molecule has 0 spiro atoms. The Morgan fingerprint density at radius 3 is 1.82 bits per heavy atom. The summed E-state index contributed by atoms with van der Waals surface area (Å²) in [6, 6.07) is 33.3. The summed E-state index contributed by atoms with van der Waals surface area (Å²) in [6.07, 6.45) is 3.36. The molecular weight excluding hydrogens is 504 g/mol. The summed E-state index contributed by atoms with van der Waals surface area (Å²) >= 11 is 0. The maximum Gasteiger partial charge on any atom is 0.333 e. The molecule has 0 bridgehead atoms. The molecule has 1 atom stereocenters. The van der Waals surface area contributed by atoms with Gasteiger partial charge >= 0.3 is 5.97 Å². The quantitative estimate of drug-likeness (QED) is 0.176. The van der Waals surface area contributed by atoms with Crippen LogP contribution in [0, 0.1) is 0 Å². The lowest BCUT2D eigenvalue weighted by Gasteiger charge is -2.12. The number of hydrogen-bond acceptors (Lipinski definition) is 5. The number of carboxylic acid groups (broad SMARTS) is 1. The number of carbonyl (C=O) groups is 1. The van der Waals surface area contributed by atoms with Crippen molar-refractivity contribution < 1.29 is 28.8 Å². The summed E-state index contributed by atoms with van der Waals surface area (Å²) in [5, 5.41) is 9.28. The van der Waals surface area contributed by atoms with Crippen LogP contribution < -0.4 is 14.2 Å². The fourth-order valence-corrected chi connectivity index (χ4v) is 4.02. The van der Waals surface area contributed by atoms with E-state index in [4.69, 9.17) is 18.9 Å². The first kappa shape index (κ1) is 28.5. The van der Waals surface area contributed by atoms with Crippen LogP contribution in [0.4, 0.5) is 0 Å². The number of aliphatic carboxylic acids is 1. The molecule has 0 saturated heterocycles. The first-order chi connectivity index (χ1) is 19.6. The Bertz CT molecular complexity index is 1290. The topological polar surface area (TPSA) is 74.2 Å². The Hall–Kier alpha value is -4.55. The van der Waals surface area contributed by atoms with Crippen molar-refractivity contribution in [3.05, 3.63) is 131 Å². The van der Waals surface area contributed by atoms with Gasteiger partial charge in [-0.05, 0) is 59.5 Å². The molecule has 4 aromatic rings. The Kier molecular flexibility index (Phi) is 10.8. The summed E-state index contributed by atoms with van der Waals surface area (Å²) < 4.78 is 23.3. The number of rotatable bonds is 15. The SMILES string of the molecule is CCO[C@@H](Cc1ccc(OC/C=C/c2cc(OCc3ccccc3)cc(OCc3ccccc3)c2)cc1)C(=O)O. The fourth-order valence-electron chi connectivity index (χ4n) is 4.02. The second-order valence-electron chi connectivity index (χ2n) is 9.13. The molecule has 0 unspecified atom stereocenters. The Morgan fingerprint density at radius 2 is 1.30 bits per heavy atom. The molecule has 0 fully saturated rings. The van der Waals surface area contributed by atoms with E-state index in [0.717, 1.165) is 33.8 Å². The highest BCUT2D eigenvalue weighted by atomic mass is 16.5. The molecule has 6 nitrogen and oxygen atoms in total. The molecular formula is C34H34O6. The predicted octanol–water partition coefficient (Wildman–Crippen LogP) is 6.97. The van der Waals surface area contributed by atoms with Gasteiger partial charge in [-0.25, -0.2) is 4.79 Å². The van der Waals surface area contributed by atoms with Crippen LogP contribution in [0.25, 0.3) is 6.08 Å². The third kappa shape index (κ3) is 9.33. The van der Waals surface area contributed by atoms with Crippen molar-refractivity contribution in [2.24, 2.45) is 0 Å². The minimum absolute atomic E-state index is 0.306. The van der Waals surface area contributed by atoms with E-state index in [2.05, 4.69) is 0 Å². The van der Waals surface area contributed by atoms with Gasteiger partial charge in [-0.1, -0.05) is 78.9 Å². The largest absolute Gasteiger partial charge is 0.490 e. The summed E-state index contributed by atoms with van der Waals surface area (Å²) in [7, 11) is 0. The van der Waals surface area contributed by atoms with Gasteiger partial charge in [0.2, 0.25) is 0 Å². The average Bonchev–Trinajstić information content (AvgIpc) is 2.99. The first-order valence-electron chi connectivity index (χ1n) is 13.3. The lowest BCUT2D eigenvalue weighted by atomic mass is 10.1. The third-order valence-corrected chi connectivity index (χ3v) is 6.04. The standard InChI is InChI=1S/C34H34O6/c1-2-37-33(34(35)36)22-26-15-17-30(18-16-26)38-19-9-14-29-20-31(39-24-27-10-5-3-6-11-27)23-32(21-29)40-25-28-12-7-4-8-13-28/h3-18,20-21,23,33H,2,19,22,24-25H2,1H3,(H,35,36)/b14-9+/t33-/m0/s1. The molecule has 0 radical (unpaired) electrons. The van der Waals surface area contributed by atoms with Crippen LogP contribution in [0.1, 0.15) is 29.2 Å². The van der Waals surface area contributed by atoms with Gasteiger partial charge in [0, 0.05) is 19.1 Å². The van der Waals surface area contributed by atoms with E-state index in [9.17, 15) is 9.90 Å². The molecule has 40 heavy (non-hydrogen) atoms. The third-order valence-electron chi connectivity index (χ3n) is 6.04. The van der Waals surface area contributed by atoms with Crippen LogP contribution in [0.3, 0.4) is 0 Å². The summed E-state index contributed by atoms with van der Waals surface area (Å²) in [5.41, 5.74) is 3.99. The molecule has 4 rings (SSSR count). The highest BCUT2D eigenvalue weighted by molar-refractivity contribution is 5.72. The normalized spacial score (nSPS) is 11.7. The smallest absolute Gasteiger partial charge is 0.333 e. The molecule has 0 amide bonds. The second kappa shape index (κ2) is 15.1. The second-order valence-corrected chi connectivity index (χ2v) is 9.13. The highest BCUT2D eigenvalue weighted by Gasteiger charge is 2.17. The van der Waals surface area contributed by atoms with Crippen molar-refractivity contribution in [2.75, 3.05) is 13.2 Å². The maximum absolute atomic E-state index is 11.3. The zero-order valence-corrected chi connectivity index (χ0v) is 22.6. The molecule has 206 valence electrons. The summed E-state index contributed by atoms with van der Waals surface area (Å²) in [6.45, 7) is 3.43. The van der Waals surface area contributed by atoms with Gasteiger partial charge < -0.3 is 24.1 Å². The van der Waals surface area contributed by atoms with E-state index in [1.165, 1.54) is 0 Å². The van der Waals surface area contributed by atoms with Crippen LogP contribution in [-0.4, -0.2) is 30.4 Å². The Morgan fingerprint density at radius 1 is 0.725 bits per heavy atom. The molecule has 0 aliphatic heterocycles. The Balaban J connectivity index is 1.37. The maximum atomic E-state index is 11.3. The Labute approximate surface area is 235 Å². The van der Waals surface area contributed by atoms with Gasteiger partial charge in [0.05, 0.1) is 0 Å². The van der Waals surface area contributed by atoms with E-state index >= 15 is 0 Å². The molecule has 0 aliphatic carbocycles. The van der Waals surface area contributed by atoms with Crippen molar-refractivity contribution >= 4 is 12.0 Å². The van der Waals surface area contributed by atoms with Crippen molar-refractivity contribution in [1.29, 1.82) is 0 Å². The van der Waals surface area contributed by atoms with Crippen LogP contribution in [0.5, 0.6) is 17.2 Å². The predicted molar refractivity (Wildman–Crippen MR) is 156 cm³/mol. The molecule has 6 heteroatoms. The van der Waals surface area contributed by atoms with Gasteiger partial charge in [-0.15, -0.1) is 0 Å². The average molecular weight is 539 g/mol. The summed E-state index contributed by atoms with van der Waals surface area (Å²) in [5.74, 6) is 1.17. The molecule has 0 saturated carbocycles. The zero-order valence-electron chi connectivity index (χ0n) is 22.6. The van der Waals surface area contributed by atoms with Crippen molar-refractivity contribution in [1.82, 2.24) is 0 Å². The van der Waals surface area contributed by atoms with Crippen LogP contribution >= 0.6 is 0 Å². The van der Waals surface area contributed by atoms with Crippen molar-refractivity contribution in [3.8, 4) is 17.2 Å². The van der Waals surface area contributed by atoms with E-state index in [-0.39, 0.29) is 0 Å². The highest BCUT2D eigenvalue weighted by Crippen LogP contribution is 2.26. The van der Waals surface area contributed by atoms with Crippen LogP contribution in [0.15, 0.2) is 109 Å². The van der Waals surface area contributed by atoms with E-state index in [1.54, 1.807) is 6.92 Å². The number of carboxylic acids is 1. The molecule has 0 aliphatic rings. The van der Waals surface area contributed by atoms with Crippen molar-refractivity contribution in [3.63, 3.8) is 0 Å². The van der Waals surface area contributed by atoms with E-state index < -0.39 is 12.1 Å².